The third kappa shape index (κ3) is 2.92. The number of halogens is 2. The second-order valence-corrected chi connectivity index (χ2v) is 5.84. The molecule has 0 aliphatic carbocycles. The summed E-state index contributed by atoms with van der Waals surface area (Å²) < 4.78 is 32.1. The Kier molecular flexibility index (Phi) is 3.82. The number of furan rings is 1. The quantitative estimate of drug-likeness (QED) is 0.737. The number of fused-ring (bicyclic) bond motifs is 1. The second kappa shape index (κ2) is 6.13. The molecule has 4 rings (SSSR count). The first-order valence-corrected chi connectivity index (χ1v) is 7.74. The van der Waals surface area contributed by atoms with E-state index in [0.717, 1.165) is 30.3 Å². The summed E-state index contributed by atoms with van der Waals surface area (Å²) in [6.45, 7) is 1.84. The fourth-order valence-electron chi connectivity index (χ4n) is 2.92. The molecule has 4 nitrogen and oxygen atoms in total. The SMILES string of the molecule is Fc1ccc(CN2CCc3nc(-c4ccco4)ncc3C2)c(F)c1. The summed E-state index contributed by atoms with van der Waals surface area (Å²) in [7, 11) is 0. The first-order chi connectivity index (χ1) is 11.7. The predicted octanol–water partition coefficient (Wildman–Crippen LogP) is 3.57. The van der Waals surface area contributed by atoms with Gasteiger partial charge >= 0.3 is 0 Å². The van der Waals surface area contributed by atoms with E-state index >= 15 is 0 Å². The molecular formula is C18H15F2N3O. The standard InChI is InChI=1S/C18H15F2N3O/c19-14-4-3-12(15(20)8-14)10-23-6-5-16-13(11-23)9-21-18(22-16)17-2-1-7-24-17/h1-4,7-9H,5-6,10-11H2. The van der Waals surface area contributed by atoms with Gasteiger partial charge in [0.15, 0.2) is 11.6 Å². The minimum atomic E-state index is -0.556. The van der Waals surface area contributed by atoms with Crippen molar-refractivity contribution < 1.29 is 13.2 Å². The van der Waals surface area contributed by atoms with E-state index in [1.54, 1.807) is 18.5 Å². The second-order valence-electron chi connectivity index (χ2n) is 5.84. The maximum atomic E-state index is 13.8. The van der Waals surface area contributed by atoms with Crippen LogP contribution in [0.2, 0.25) is 0 Å². The highest BCUT2D eigenvalue weighted by Gasteiger charge is 2.20. The Bertz CT molecular complexity index is 865. The highest BCUT2D eigenvalue weighted by atomic mass is 19.1. The molecule has 2 aromatic heterocycles. The van der Waals surface area contributed by atoms with Crippen LogP contribution in [0.4, 0.5) is 8.78 Å². The molecule has 3 aromatic rings. The summed E-state index contributed by atoms with van der Waals surface area (Å²) in [5.74, 6) is 0.162. The number of benzene rings is 1. The van der Waals surface area contributed by atoms with Crippen LogP contribution in [0, 0.1) is 11.6 Å². The van der Waals surface area contributed by atoms with Gasteiger partial charge in [0.25, 0.3) is 0 Å². The van der Waals surface area contributed by atoms with Crippen molar-refractivity contribution in [2.45, 2.75) is 19.5 Å². The average Bonchev–Trinajstić information content (AvgIpc) is 3.11. The summed E-state index contributed by atoms with van der Waals surface area (Å²) in [5.41, 5.74) is 2.51. The lowest BCUT2D eigenvalue weighted by molar-refractivity contribution is 0.239. The Morgan fingerprint density at radius 3 is 2.92 bits per heavy atom. The van der Waals surface area contributed by atoms with Crippen LogP contribution in [0.25, 0.3) is 11.6 Å². The van der Waals surface area contributed by atoms with Gasteiger partial charge in [-0.3, -0.25) is 4.90 Å². The van der Waals surface area contributed by atoms with Crippen molar-refractivity contribution in [2.24, 2.45) is 0 Å². The summed E-state index contributed by atoms with van der Waals surface area (Å²) in [4.78, 5) is 11.0. The summed E-state index contributed by atoms with van der Waals surface area (Å²) in [6, 6.07) is 7.34. The average molecular weight is 327 g/mol. The molecule has 1 aromatic carbocycles. The zero-order valence-corrected chi connectivity index (χ0v) is 12.9. The van der Waals surface area contributed by atoms with Crippen LogP contribution in [0.5, 0.6) is 0 Å². The van der Waals surface area contributed by atoms with Gasteiger partial charge in [-0.2, -0.15) is 0 Å². The lowest BCUT2D eigenvalue weighted by atomic mass is 10.1. The van der Waals surface area contributed by atoms with Crippen molar-refractivity contribution in [1.29, 1.82) is 0 Å². The molecule has 0 spiro atoms. The van der Waals surface area contributed by atoms with Gasteiger partial charge in [-0.05, 0) is 18.2 Å². The molecule has 3 heterocycles. The number of hydrogen-bond acceptors (Lipinski definition) is 4. The molecule has 0 N–H and O–H groups in total. The highest BCUT2D eigenvalue weighted by Crippen LogP contribution is 2.23. The molecule has 0 atom stereocenters. The molecule has 0 unspecified atom stereocenters. The summed E-state index contributed by atoms with van der Waals surface area (Å²) in [6.07, 6.45) is 4.15. The normalized spacial score (nSPS) is 14.6. The van der Waals surface area contributed by atoms with Crippen LogP contribution in [-0.4, -0.2) is 21.4 Å². The molecule has 122 valence electrons. The Balaban J connectivity index is 1.52. The van der Waals surface area contributed by atoms with Gasteiger partial charge in [0.1, 0.15) is 11.6 Å². The van der Waals surface area contributed by atoms with Crippen LogP contribution in [0.1, 0.15) is 16.8 Å². The maximum Gasteiger partial charge on any atom is 0.195 e. The van der Waals surface area contributed by atoms with Crippen LogP contribution >= 0.6 is 0 Å². The number of aromatic nitrogens is 2. The van der Waals surface area contributed by atoms with E-state index < -0.39 is 11.6 Å². The number of hydrogen-bond donors (Lipinski definition) is 0. The molecule has 0 saturated heterocycles. The molecule has 0 saturated carbocycles. The van der Waals surface area contributed by atoms with Gasteiger partial charge in [-0.1, -0.05) is 6.07 Å². The molecule has 1 aliphatic rings. The smallest absolute Gasteiger partial charge is 0.195 e. The van der Waals surface area contributed by atoms with Crippen molar-refractivity contribution >= 4 is 0 Å². The van der Waals surface area contributed by atoms with E-state index in [-0.39, 0.29) is 0 Å². The van der Waals surface area contributed by atoms with Gasteiger partial charge < -0.3 is 4.42 Å². The monoisotopic (exact) mass is 327 g/mol. The van der Waals surface area contributed by atoms with Crippen molar-refractivity contribution in [3.63, 3.8) is 0 Å². The lowest BCUT2D eigenvalue weighted by Crippen LogP contribution is -2.31. The van der Waals surface area contributed by atoms with Gasteiger partial charge in [0, 0.05) is 49.4 Å². The number of rotatable bonds is 3. The fraction of sp³-hybridized carbons (Fsp3) is 0.222. The highest BCUT2D eigenvalue weighted by molar-refractivity contribution is 5.46. The maximum absolute atomic E-state index is 13.8. The van der Waals surface area contributed by atoms with Crippen molar-refractivity contribution in [3.8, 4) is 11.6 Å². The number of nitrogens with zero attached hydrogens (tertiary/aromatic N) is 3. The largest absolute Gasteiger partial charge is 0.461 e. The minimum Gasteiger partial charge on any atom is -0.461 e. The Morgan fingerprint density at radius 1 is 1.21 bits per heavy atom. The third-order valence-electron chi connectivity index (χ3n) is 4.16. The van der Waals surface area contributed by atoms with E-state index in [1.807, 2.05) is 6.07 Å². The molecular weight excluding hydrogens is 312 g/mol. The van der Waals surface area contributed by atoms with Crippen LogP contribution in [0.15, 0.2) is 47.2 Å². The molecule has 0 radical (unpaired) electrons. The summed E-state index contributed by atoms with van der Waals surface area (Å²) in [5, 5.41) is 0. The van der Waals surface area contributed by atoms with E-state index in [0.29, 0.717) is 30.2 Å². The van der Waals surface area contributed by atoms with Crippen LogP contribution in [0.3, 0.4) is 0 Å². The first kappa shape index (κ1) is 15.0. The molecule has 0 fully saturated rings. The topological polar surface area (TPSA) is 42.2 Å². The van der Waals surface area contributed by atoms with Gasteiger partial charge in [-0.25, -0.2) is 18.7 Å². The van der Waals surface area contributed by atoms with Crippen LogP contribution < -0.4 is 0 Å². The van der Waals surface area contributed by atoms with Crippen LogP contribution in [-0.2, 0) is 19.5 Å². The zero-order valence-electron chi connectivity index (χ0n) is 12.9. The fourth-order valence-corrected chi connectivity index (χ4v) is 2.92. The predicted molar refractivity (Wildman–Crippen MR) is 83.9 cm³/mol. The van der Waals surface area contributed by atoms with E-state index in [9.17, 15) is 8.78 Å². The summed E-state index contributed by atoms with van der Waals surface area (Å²) >= 11 is 0. The molecule has 1 aliphatic heterocycles. The molecule has 0 bridgehead atoms. The zero-order chi connectivity index (χ0) is 16.5. The third-order valence-corrected chi connectivity index (χ3v) is 4.16. The van der Waals surface area contributed by atoms with Gasteiger partial charge in [0.05, 0.1) is 12.0 Å². The van der Waals surface area contributed by atoms with E-state index in [2.05, 4.69) is 14.9 Å². The van der Waals surface area contributed by atoms with Crippen molar-refractivity contribution in [1.82, 2.24) is 14.9 Å². The van der Waals surface area contributed by atoms with Gasteiger partial charge in [-0.15, -0.1) is 0 Å². The lowest BCUT2D eigenvalue weighted by Gasteiger charge is -2.28. The Hall–Kier alpha value is -2.60. The molecule has 6 heteroatoms. The minimum absolute atomic E-state index is 0.436. The van der Waals surface area contributed by atoms with Crippen molar-refractivity contribution in [2.75, 3.05) is 6.54 Å². The van der Waals surface area contributed by atoms with E-state index in [1.165, 1.54) is 12.1 Å². The Labute approximate surface area is 137 Å². The molecule has 0 amide bonds. The molecule has 24 heavy (non-hydrogen) atoms. The van der Waals surface area contributed by atoms with Gasteiger partial charge in [0.2, 0.25) is 0 Å². The Morgan fingerprint density at radius 2 is 2.12 bits per heavy atom. The van der Waals surface area contributed by atoms with Crippen molar-refractivity contribution in [3.05, 3.63) is 71.2 Å². The first-order valence-electron chi connectivity index (χ1n) is 7.74. The van der Waals surface area contributed by atoms with E-state index in [4.69, 9.17) is 4.42 Å².